The molecule has 3 rings (SSSR count). The number of aryl methyl sites for hydroxylation is 2. The van der Waals surface area contributed by atoms with Crippen molar-refractivity contribution in [2.75, 3.05) is 0 Å². The van der Waals surface area contributed by atoms with Gasteiger partial charge in [-0.3, -0.25) is 4.79 Å². The maximum Gasteiger partial charge on any atom is 0.223 e. The van der Waals surface area contributed by atoms with E-state index in [0.717, 1.165) is 29.9 Å². The molecule has 1 aliphatic rings. The third-order valence-corrected chi connectivity index (χ3v) is 4.27. The van der Waals surface area contributed by atoms with E-state index in [1.807, 2.05) is 36.9 Å². The topological polar surface area (TPSA) is 46.3 Å². The standard InChI is InChI=1S/C18H22N2O2/c1-13-17(14(2)22-19-13)10-11-18(21)20(16-8-9-16)12-15-6-4-3-5-7-15/h3-7,16H,8-12H2,1-2H3. The summed E-state index contributed by atoms with van der Waals surface area (Å²) in [7, 11) is 0. The van der Waals surface area contributed by atoms with Crippen LogP contribution in [-0.4, -0.2) is 22.0 Å². The summed E-state index contributed by atoms with van der Waals surface area (Å²) in [5.41, 5.74) is 3.16. The largest absolute Gasteiger partial charge is 0.361 e. The number of amides is 1. The number of hydrogen-bond acceptors (Lipinski definition) is 3. The van der Waals surface area contributed by atoms with E-state index < -0.39 is 0 Å². The zero-order valence-corrected chi connectivity index (χ0v) is 13.2. The second kappa shape index (κ2) is 6.34. The van der Waals surface area contributed by atoms with E-state index in [1.54, 1.807) is 0 Å². The van der Waals surface area contributed by atoms with Crippen LogP contribution in [0, 0.1) is 13.8 Å². The molecule has 0 aliphatic heterocycles. The van der Waals surface area contributed by atoms with Gasteiger partial charge in [-0.15, -0.1) is 0 Å². The second-order valence-electron chi connectivity index (χ2n) is 6.04. The van der Waals surface area contributed by atoms with Crippen molar-refractivity contribution in [3.63, 3.8) is 0 Å². The Hall–Kier alpha value is -2.10. The van der Waals surface area contributed by atoms with Gasteiger partial charge in [-0.25, -0.2) is 0 Å². The van der Waals surface area contributed by atoms with E-state index in [4.69, 9.17) is 4.52 Å². The molecule has 1 heterocycles. The summed E-state index contributed by atoms with van der Waals surface area (Å²) in [6, 6.07) is 10.6. The SMILES string of the molecule is Cc1noc(C)c1CCC(=O)N(Cc1ccccc1)C1CC1. The highest BCUT2D eigenvalue weighted by molar-refractivity contribution is 5.77. The van der Waals surface area contributed by atoms with Crippen LogP contribution in [0.2, 0.25) is 0 Å². The zero-order valence-electron chi connectivity index (χ0n) is 13.2. The third kappa shape index (κ3) is 3.38. The lowest BCUT2D eigenvalue weighted by atomic mass is 10.1. The number of carbonyl (C=O) groups is 1. The average molecular weight is 298 g/mol. The molecule has 0 saturated heterocycles. The van der Waals surface area contributed by atoms with Gasteiger partial charge in [-0.05, 0) is 38.7 Å². The number of benzene rings is 1. The van der Waals surface area contributed by atoms with Crippen LogP contribution in [0.25, 0.3) is 0 Å². The van der Waals surface area contributed by atoms with Gasteiger partial charge in [-0.2, -0.15) is 0 Å². The van der Waals surface area contributed by atoms with E-state index in [0.29, 0.717) is 25.4 Å². The van der Waals surface area contributed by atoms with Crippen molar-refractivity contribution in [2.45, 2.75) is 52.1 Å². The van der Waals surface area contributed by atoms with E-state index in [2.05, 4.69) is 17.3 Å². The van der Waals surface area contributed by atoms with Crippen LogP contribution in [0.4, 0.5) is 0 Å². The van der Waals surface area contributed by atoms with Gasteiger partial charge in [0, 0.05) is 24.6 Å². The Labute approximate surface area is 131 Å². The second-order valence-corrected chi connectivity index (χ2v) is 6.04. The van der Waals surface area contributed by atoms with Gasteiger partial charge < -0.3 is 9.42 Å². The first kappa shape index (κ1) is 14.8. The fourth-order valence-electron chi connectivity index (χ4n) is 2.82. The average Bonchev–Trinajstić information content (AvgIpc) is 3.31. The molecule has 116 valence electrons. The van der Waals surface area contributed by atoms with Gasteiger partial charge in [0.15, 0.2) is 0 Å². The van der Waals surface area contributed by atoms with Crippen molar-refractivity contribution in [3.8, 4) is 0 Å². The van der Waals surface area contributed by atoms with E-state index in [-0.39, 0.29) is 5.91 Å². The fraction of sp³-hybridized carbons (Fsp3) is 0.444. The maximum absolute atomic E-state index is 12.6. The first-order valence-corrected chi connectivity index (χ1v) is 7.90. The Kier molecular flexibility index (Phi) is 4.27. The van der Waals surface area contributed by atoms with Crippen LogP contribution in [-0.2, 0) is 17.8 Å². The Bertz CT molecular complexity index is 625. The van der Waals surface area contributed by atoms with Crippen molar-refractivity contribution < 1.29 is 9.32 Å². The van der Waals surface area contributed by atoms with E-state index in [1.165, 1.54) is 5.56 Å². The van der Waals surface area contributed by atoms with E-state index in [9.17, 15) is 4.79 Å². The van der Waals surface area contributed by atoms with E-state index >= 15 is 0 Å². The highest BCUT2D eigenvalue weighted by Gasteiger charge is 2.32. The predicted octanol–water partition coefficient (Wildman–Crippen LogP) is 3.42. The van der Waals surface area contributed by atoms with Crippen LogP contribution in [0.15, 0.2) is 34.9 Å². The summed E-state index contributed by atoms with van der Waals surface area (Å²) in [6.07, 6.45) is 3.48. The van der Waals surface area contributed by atoms with Gasteiger partial charge in [0.2, 0.25) is 5.91 Å². The monoisotopic (exact) mass is 298 g/mol. The molecule has 1 aromatic carbocycles. The third-order valence-electron chi connectivity index (χ3n) is 4.27. The van der Waals surface area contributed by atoms with Crippen molar-refractivity contribution in [1.82, 2.24) is 10.1 Å². The van der Waals surface area contributed by atoms with Crippen LogP contribution in [0.5, 0.6) is 0 Å². The highest BCUT2D eigenvalue weighted by Crippen LogP contribution is 2.29. The Morgan fingerprint density at radius 1 is 1.27 bits per heavy atom. The molecule has 4 heteroatoms. The maximum atomic E-state index is 12.6. The van der Waals surface area contributed by atoms with Crippen LogP contribution in [0.3, 0.4) is 0 Å². The molecule has 0 unspecified atom stereocenters. The fourth-order valence-corrected chi connectivity index (χ4v) is 2.82. The molecule has 1 fully saturated rings. The molecule has 0 bridgehead atoms. The minimum absolute atomic E-state index is 0.228. The molecule has 4 nitrogen and oxygen atoms in total. The first-order chi connectivity index (χ1) is 10.6. The molecule has 2 aromatic rings. The number of carbonyl (C=O) groups excluding carboxylic acids is 1. The lowest BCUT2D eigenvalue weighted by Gasteiger charge is -2.22. The smallest absolute Gasteiger partial charge is 0.223 e. The van der Waals surface area contributed by atoms with Gasteiger partial charge in [-0.1, -0.05) is 35.5 Å². The molecule has 0 spiro atoms. The minimum atomic E-state index is 0.228. The molecular weight excluding hydrogens is 276 g/mol. The van der Waals surface area contributed by atoms with Crippen molar-refractivity contribution in [3.05, 3.63) is 52.9 Å². The molecule has 0 atom stereocenters. The predicted molar refractivity (Wildman–Crippen MR) is 84.3 cm³/mol. The summed E-state index contributed by atoms with van der Waals surface area (Å²) in [4.78, 5) is 14.7. The van der Waals surface area contributed by atoms with Gasteiger partial charge in [0.1, 0.15) is 5.76 Å². The zero-order chi connectivity index (χ0) is 15.5. The normalized spacial score (nSPS) is 14.1. The molecule has 1 amide bonds. The summed E-state index contributed by atoms with van der Waals surface area (Å²) >= 11 is 0. The van der Waals surface area contributed by atoms with Crippen molar-refractivity contribution >= 4 is 5.91 Å². The molecule has 22 heavy (non-hydrogen) atoms. The number of rotatable bonds is 6. The first-order valence-electron chi connectivity index (χ1n) is 7.90. The van der Waals surface area contributed by atoms with Crippen LogP contribution >= 0.6 is 0 Å². The van der Waals surface area contributed by atoms with Crippen LogP contribution < -0.4 is 0 Å². The van der Waals surface area contributed by atoms with Gasteiger partial charge in [0.05, 0.1) is 5.69 Å². The molecule has 1 aromatic heterocycles. The lowest BCUT2D eigenvalue weighted by molar-refractivity contribution is -0.132. The number of nitrogens with zero attached hydrogens (tertiary/aromatic N) is 2. The quantitative estimate of drug-likeness (QED) is 0.821. The Morgan fingerprint density at radius 3 is 2.59 bits per heavy atom. The molecule has 0 N–H and O–H groups in total. The minimum Gasteiger partial charge on any atom is -0.361 e. The molecular formula is C18H22N2O2. The molecule has 0 radical (unpaired) electrons. The van der Waals surface area contributed by atoms with Gasteiger partial charge in [0.25, 0.3) is 0 Å². The number of aromatic nitrogens is 1. The highest BCUT2D eigenvalue weighted by atomic mass is 16.5. The summed E-state index contributed by atoms with van der Waals surface area (Å²) in [5, 5.41) is 3.95. The summed E-state index contributed by atoms with van der Waals surface area (Å²) in [6.45, 7) is 4.55. The molecule has 1 saturated carbocycles. The number of hydrogen-bond donors (Lipinski definition) is 0. The van der Waals surface area contributed by atoms with Crippen LogP contribution in [0.1, 0.15) is 41.8 Å². The lowest BCUT2D eigenvalue weighted by Crippen LogP contribution is -2.32. The van der Waals surface area contributed by atoms with Gasteiger partial charge >= 0.3 is 0 Å². The Morgan fingerprint density at radius 2 is 2.00 bits per heavy atom. The summed E-state index contributed by atoms with van der Waals surface area (Å²) in [5.74, 6) is 1.05. The molecule has 1 aliphatic carbocycles. The Balaban J connectivity index is 1.63. The van der Waals surface area contributed by atoms with Crippen molar-refractivity contribution in [2.24, 2.45) is 0 Å². The van der Waals surface area contributed by atoms with Crippen molar-refractivity contribution in [1.29, 1.82) is 0 Å². The summed E-state index contributed by atoms with van der Waals surface area (Å²) < 4.78 is 5.17.